The lowest BCUT2D eigenvalue weighted by Crippen LogP contribution is -2.31. The van der Waals surface area contributed by atoms with Crippen molar-refractivity contribution in [3.05, 3.63) is 29.6 Å². The van der Waals surface area contributed by atoms with Crippen molar-refractivity contribution in [3.63, 3.8) is 0 Å². The highest BCUT2D eigenvalue weighted by Gasteiger charge is 2.12. The van der Waals surface area contributed by atoms with Gasteiger partial charge in [-0.05, 0) is 23.0 Å². The number of hydrogen-bond acceptors (Lipinski definition) is 4. The minimum Gasteiger partial charge on any atom is -0.594 e. The Kier molecular flexibility index (Phi) is 1.45. The zero-order valence-corrected chi connectivity index (χ0v) is 6.64. The van der Waals surface area contributed by atoms with Gasteiger partial charge in [0.05, 0.1) is 11.6 Å². The van der Waals surface area contributed by atoms with Crippen LogP contribution in [0.1, 0.15) is 0 Å². The summed E-state index contributed by atoms with van der Waals surface area (Å²) in [5.41, 5.74) is 6.15. The van der Waals surface area contributed by atoms with E-state index in [1.54, 1.807) is 6.07 Å². The Bertz CT molecular complexity index is 462. The first kappa shape index (κ1) is 7.60. The third-order valence-corrected chi connectivity index (χ3v) is 1.83. The summed E-state index contributed by atoms with van der Waals surface area (Å²) < 4.78 is 0. The SMILES string of the molecule is Nc1ccc(O)c2c1ccn[n+]2[O-]. The van der Waals surface area contributed by atoms with Gasteiger partial charge in [0.1, 0.15) is 0 Å². The minimum atomic E-state index is -0.118. The summed E-state index contributed by atoms with van der Waals surface area (Å²) in [5, 5.41) is 24.5. The zero-order valence-electron chi connectivity index (χ0n) is 6.64. The first-order valence-corrected chi connectivity index (χ1v) is 3.66. The van der Waals surface area contributed by atoms with Gasteiger partial charge >= 0.3 is 0 Å². The Balaban J connectivity index is 3.00. The highest BCUT2D eigenvalue weighted by atomic mass is 16.5. The van der Waals surface area contributed by atoms with E-state index in [0.717, 1.165) is 0 Å². The van der Waals surface area contributed by atoms with Crippen molar-refractivity contribution in [1.82, 2.24) is 5.10 Å². The highest BCUT2D eigenvalue weighted by Crippen LogP contribution is 2.24. The maximum absolute atomic E-state index is 11.1. The Morgan fingerprint density at radius 1 is 1.38 bits per heavy atom. The molecule has 0 bridgehead atoms. The summed E-state index contributed by atoms with van der Waals surface area (Å²) in [5.74, 6) is -0.118. The van der Waals surface area contributed by atoms with Crippen LogP contribution >= 0.6 is 0 Å². The lowest BCUT2D eigenvalue weighted by molar-refractivity contribution is -0.642. The number of phenolic OH excluding ortho intramolecular Hbond substituents is 1. The van der Waals surface area contributed by atoms with Crippen LogP contribution in [-0.4, -0.2) is 10.2 Å². The Hall–Kier alpha value is -2.04. The first-order chi connectivity index (χ1) is 6.20. The summed E-state index contributed by atoms with van der Waals surface area (Å²) in [6, 6.07) is 4.49. The normalized spacial score (nSPS) is 10.5. The molecule has 0 fully saturated rings. The molecule has 5 heteroatoms. The van der Waals surface area contributed by atoms with Gasteiger partial charge in [-0.3, -0.25) is 0 Å². The van der Waals surface area contributed by atoms with Crippen molar-refractivity contribution >= 4 is 16.6 Å². The number of nitrogen functional groups attached to an aromatic ring is 1. The Morgan fingerprint density at radius 3 is 2.85 bits per heavy atom. The van der Waals surface area contributed by atoms with E-state index in [9.17, 15) is 10.3 Å². The second-order valence-corrected chi connectivity index (χ2v) is 2.64. The monoisotopic (exact) mass is 177 g/mol. The van der Waals surface area contributed by atoms with Crippen LogP contribution in [0.4, 0.5) is 5.69 Å². The second-order valence-electron chi connectivity index (χ2n) is 2.64. The van der Waals surface area contributed by atoms with Crippen LogP contribution in [0.2, 0.25) is 0 Å². The standard InChI is InChI=1S/C8H7N3O2/c9-6-1-2-7(12)8-5(6)3-4-10-11(8)13/h1-4,12H,9H2. The molecule has 13 heavy (non-hydrogen) atoms. The number of rotatable bonds is 0. The van der Waals surface area contributed by atoms with Crippen LogP contribution < -0.4 is 10.6 Å². The van der Waals surface area contributed by atoms with Crippen molar-refractivity contribution in [1.29, 1.82) is 0 Å². The molecule has 1 aromatic heterocycles. The third-order valence-electron chi connectivity index (χ3n) is 1.83. The van der Waals surface area contributed by atoms with Crippen LogP contribution in [0.15, 0.2) is 24.4 Å². The van der Waals surface area contributed by atoms with Gasteiger partial charge in [0.25, 0.3) is 5.52 Å². The smallest absolute Gasteiger partial charge is 0.295 e. The van der Waals surface area contributed by atoms with Gasteiger partial charge in [-0.15, -0.1) is 0 Å². The number of fused-ring (bicyclic) bond motifs is 1. The molecule has 0 amide bonds. The molecule has 0 unspecified atom stereocenters. The average molecular weight is 177 g/mol. The number of benzene rings is 1. The Labute approximate surface area is 73.6 Å². The number of hydrogen-bond donors (Lipinski definition) is 2. The molecule has 2 rings (SSSR count). The predicted molar refractivity (Wildman–Crippen MR) is 46.8 cm³/mol. The van der Waals surface area contributed by atoms with Crippen molar-refractivity contribution < 1.29 is 9.95 Å². The summed E-state index contributed by atoms with van der Waals surface area (Å²) >= 11 is 0. The number of nitrogens with two attached hydrogens (primary N) is 1. The fourth-order valence-corrected chi connectivity index (χ4v) is 1.21. The molecule has 1 heterocycles. The van der Waals surface area contributed by atoms with Gasteiger partial charge in [-0.1, -0.05) is 0 Å². The van der Waals surface area contributed by atoms with E-state index in [0.29, 0.717) is 15.9 Å². The van der Waals surface area contributed by atoms with Crippen LogP contribution in [0.25, 0.3) is 10.9 Å². The minimum absolute atomic E-state index is 0.0995. The van der Waals surface area contributed by atoms with Gasteiger partial charge in [0.2, 0.25) is 0 Å². The average Bonchev–Trinajstić information content (AvgIpc) is 2.12. The topological polar surface area (TPSA) is 86.1 Å². The molecule has 0 aliphatic carbocycles. The van der Waals surface area contributed by atoms with Crippen molar-refractivity contribution in [2.24, 2.45) is 0 Å². The fourth-order valence-electron chi connectivity index (χ4n) is 1.21. The van der Waals surface area contributed by atoms with Gasteiger partial charge in [-0.2, -0.15) is 0 Å². The summed E-state index contributed by atoms with van der Waals surface area (Å²) in [6.07, 6.45) is 1.34. The molecule has 3 N–H and O–H groups in total. The Morgan fingerprint density at radius 2 is 2.15 bits per heavy atom. The number of anilines is 1. The maximum atomic E-state index is 11.1. The molecule has 66 valence electrons. The lowest BCUT2D eigenvalue weighted by atomic mass is 10.2. The third kappa shape index (κ3) is 1.01. The second kappa shape index (κ2) is 2.48. The van der Waals surface area contributed by atoms with Crippen LogP contribution in [0.3, 0.4) is 0 Å². The summed E-state index contributed by atoms with van der Waals surface area (Å²) in [4.78, 5) is 0.348. The van der Waals surface area contributed by atoms with Crippen molar-refractivity contribution in [2.75, 3.05) is 5.73 Å². The molecule has 0 aliphatic heterocycles. The van der Waals surface area contributed by atoms with Gasteiger partial charge in [0, 0.05) is 10.8 Å². The van der Waals surface area contributed by atoms with Crippen LogP contribution in [0, 0.1) is 5.21 Å². The van der Waals surface area contributed by atoms with E-state index in [1.807, 2.05) is 0 Å². The van der Waals surface area contributed by atoms with E-state index in [1.165, 1.54) is 18.3 Å². The molecular weight excluding hydrogens is 170 g/mol. The van der Waals surface area contributed by atoms with E-state index in [4.69, 9.17) is 5.73 Å². The molecule has 0 saturated heterocycles. The number of aromatic hydroxyl groups is 1. The maximum Gasteiger partial charge on any atom is 0.295 e. The molecule has 0 aliphatic rings. The van der Waals surface area contributed by atoms with E-state index < -0.39 is 0 Å². The van der Waals surface area contributed by atoms with E-state index in [2.05, 4.69) is 5.10 Å². The van der Waals surface area contributed by atoms with E-state index in [-0.39, 0.29) is 11.3 Å². The number of aromatic nitrogens is 2. The summed E-state index contributed by atoms with van der Waals surface area (Å²) in [6.45, 7) is 0. The van der Waals surface area contributed by atoms with Crippen molar-refractivity contribution in [3.8, 4) is 5.75 Å². The predicted octanol–water partition coefficient (Wildman–Crippen LogP) is 0.156. The molecule has 5 nitrogen and oxygen atoms in total. The van der Waals surface area contributed by atoms with Crippen molar-refractivity contribution in [2.45, 2.75) is 0 Å². The van der Waals surface area contributed by atoms with E-state index >= 15 is 0 Å². The molecular formula is C8H7N3O2. The zero-order chi connectivity index (χ0) is 9.42. The van der Waals surface area contributed by atoms with Gasteiger partial charge in [0.15, 0.2) is 5.75 Å². The molecule has 1 aromatic carbocycles. The molecule has 2 aromatic rings. The highest BCUT2D eigenvalue weighted by molar-refractivity contribution is 5.91. The molecule has 0 saturated carbocycles. The van der Waals surface area contributed by atoms with Gasteiger partial charge in [-0.25, -0.2) is 0 Å². The van der Waals surface area contributed by atoms with Crippen LogP contribution in [0.5, 0.6) is 5.75 Å². The molecule has 0 radical (unpaired) electrons. The number of nitrogens with zero attached hydrogens (tertiary/aromatic N) is 2. The first-order valence-electron chi connectivity index (χ1n) is 3.66. The fraction of sp³-hybridized carbons (Fsp3) is 0. The largest absolute Gasteiger partial charge is 0.594 e. The summed E-state index contributed by atoms with van der Waals surface area (Å²) in [7, 11) is 0. The lowest BCUT2D eigenvalue weighted by Gasteiger charge is -2.01. The molecule has 0 spiro atoms. The number of phenols is 1. The quantitative estimate of drug-likeness (QED) is 0.259. The molecule has 0 atom stereocenters. The van der Waals surface area contributed by atoms with Gasteiger partial charge < -0.3 is 16.0 Å². The van der Waals surface area contributed by atoms with Crippen LogP contribution in [-0.2, 0) is 0 Å².